The zero-order valence-corrected chi connectivity index (χ0v) is 16.6. The minimum absolute atomic E-state index is 0.172. The van der Waals surface area contributed by atoms with Crippen molar-refractivity contribution in [2.24, 2.45) is 0 Å². The Bertz CT molecular complexity index is 1280. The highest BCUT2D eigenvalue weighted by molar-refractivity contribution is 6.31. The second-order valence-electron chi connectivity index (χ2n) is 7.31. The first-order chi connectivity index (χ1) is 14.8. The summed E-state index contributed by atoms with van der Waals surface area (Å²) in [4.78, 5) is 4.45. The molecule has 5 nitrogen and oxygen atoms in total. The first kappa shape index (κ1) is 17.3. The fraction of sp³-hybridized carbons (Fsp3) is 0.0833. The molecular formula is C24H17ClN4O. The van der Waals surface area contributed by atoms with Crippen LogP contribution in [-0.4, -0.2) is 14.8 Å². The number of hydrogen-bond donors (Lipinski definition) is 1. The molecule has 0 aliphatic carbocycles. The summed E-state index contributed by atoms with van der Waals surface area (Å²) in [5, 5.41) is 8.70. The normalized spacial score (nSPS) is 19.2. The van der Waals surface area contributed by atoms with Crippen molar-refractivity contribution in [2.75, 3.05) is 5.32 Å². The second-order valence-corrected chi connectivity index (χ2v) is 7.72. The smallest absolute Gasteiger partial charge is 0.226 e. The van der Waals surface area contributed by atoms with E-state index >= 15 is 0 Å². The summed E-state index contributed by atoms with van der Waals surface area (Å²) in [5.41, 5.74) is 5.10. The first-order valence-corrected chi connectivity index (χ1v) is 10.1. The molecule has 2 aliphatic rings. The minimum atomic E-state index is -0.362. The average Bonchev–Trinajstić information content (AvgIpc) is 3.26. The Morgan fingerprint density at radius 3 is 2.53 bits per heavy atom. The minimum Gasteiger partial charge on any atom is -0.480 e. The van der Waals surface area contributed by atoms with Gasteiger partial charge in [-0.25, -0.2) is 4.68 Å². The van der Waals surface area contributed by atoms with Crippen molar-refractivity contribution < 1.29 is 4.74 Å². The zero-order valence-electron chi connectivity index (χ0n) is 15.9. The Balaban J connectivity index is 1.66. The highest BCUT2D eigenvalue weighted by atomic mass is 35.5. The van der Waals surface area contributed by atoms with Crippen LogP contribution in [0, 0.1) is 0 Å². The number of halogens is 1. The number of fused-ring (bicyclic) bond motifs is 3. The highest BCUT2D eigenvalue weighted by Crippen LogP contribution is 2.51. The summed E-state index contributed by atoms with van der Waals surface area (Å²) in [6, 6.07) is 26.0. The Labute approximate surface area is 178 Å². The van der Waals surface area contributed by atoms with Crippen molar-refractivity contribution in [1.82, 2.24) is 14.8 Å². The zero-order chi connectivity index (χ0) is 20.1. The van der Waals surface area contributed by atoms with E-state index in [0.717, 1.165) is 33.7 Å². The van der Waals surface area contributed by atoms with Gasteiger partial charge >= 0.3 is 0 Å². The van der Waals surface area contributed by atoms with Crippen LogP contribution in [0.1, 0.15) is 28.8 Å². The maximum absolute atomic E-state index is 6.63. The SMILES string of the molecule is Clc1ccccc1[C@@H]1Oc2ccccc2C2=C1[C@@H](c1ccccc1)n1ncnc1N2. The average molecular weight is 413 g/mol. The van der Waals surface area contributed by atoms with Gasteiger partial charge in [0.2, 0.25) is 5.95 Å². The number of anilines is 1. The number of ether oxygens (including phenoxy) is 1. The molecule has 146 valence electrons. The van der Waals surface area contributed by atoms with Crippen LogP contribution in [0.25, 0.3) is 5.70 Å². The largest absolute Gasteiger partial charge is 0.480 e. The number of nitrogens with zero attached hydrogens (tertiary/aromatic N) is 3. The van der Waals surface area contributed by atoms with E-state index < -0.39 is 0 Å². The fourth-order valence-corrected chi connectivity index (χ4v) is 4.55. The third kappa shape index (κ3) is 2.56. The lowest BCUT2D eigenvalue weighted by atomic mass is 9.84. The van der Waals surface area contributed by atoms with Gasteiger partial charge < -0.3 is 10.1 Å². The summed E-state index contributed by atoms with van der Waals surface area (Å²) in [6.07, 6.45) is 1.22. The van der Waals surface area contributed by atoms with Gasteiger partial charge in [0.1, 0.15) is 18.1 Å². The van der Waals surface area contributed by atoms with Crippen molar-refractivity contribution in [3.63, 3.8) is 0 Å². The molecule has 1 N–H and O–H groups in total. The van der Waals surface area contributed by atoms with E-state index in [0.29, 0.717) is 11.0 Å². The molecule has 4 aromatic rings. The molecule has 2 atom stereocenters. The number of rotatable bonds is 2. The van der Waals surface area contributed by atoms with Crippen molar-refractivity contribution in [3.8, 4) is 5.75 Å². The number of para-hydroxylation sites is 1. The number of benzene rings is 3. The maximum atomic E-state index is 6.63. The van der Waals surface area contributed by atoms with Gasteiger partial charge in [-0.05, 0) is 23.8 Å². The molecule has 3 heterocycles. The second kappa shape index (κ2) is 6.75. The van der Waals surface area contributed by atoms with E-state index in [1.807, 2.05) is 65.3 Å². The van der Waals surface area contributed by atoms with E-state index in [1.165, 1.54) is 0 Å². The Morgan fingerprint density at radius 2 is 1.67 bits per heavy atom. The molecule has 6 rings (SSSR count). The quantitative estimate of drug-likeness (QED) is 0.473. The van der Waals surface area contributed by atoms with E-state index in [2.05, 4.69) is 33.6 Å². The predicted octanol–water partition coefficient (Wildman–Crippen LogP) is 5.49. The molecule has 6 heteroatoms. The van der Waals surface area contributed by atoms with Gasteiger partial charge in [-0.3, -0.25) is 0 Å². The van der Waals surface area contributed by atoms with E-state index in [-0.39, 0.29) is 12.1 Å². The predicted molar refractivity (Wildman–Crippen MR) is 116 cm³/mol. The van der Waals surface area contributed by atoms with Crippen LogP contribution in [0.2, 0.25) is 5.02 Å². The van der Waals surface area contributed by atoms with E-state index in [1.54, 1.807) is 6.33 Å². The van der Waals surface area contributed by atoms with Crippen LogP contribution in [0.3, 0.4) is 0 Å². The Hall–Kier alpha value is -3.57. The standard InChI is InChI=1S/C24H17ClN4O/c25-18-12-6-4-10-16(18)23-20-21(17-11-5-7-13-19(17)30-23)28-24-26-14-27-29(24)22(20)15-8-2-1-3-9-15/h1-14,22-23H,(H,26,27,28)/t22-,23+/m1/s1. The molecule has 0 bridgehead atoms. The van der Waals surface area contributed by atoms with Gasteiger partial charge in [0, 0.05) is 21.7 Å². The lowest BCUT2D eigenvalue weighted by Crippen LogP contribution is -2.32. The van der Waals surface area contributed by atoms with Gasteiger partial charge in [0.25, 0.3) is 0 Å². The van der Waals surface area contributed by atoms with Gasteiger partial charge in [-0.1, -0.05) is 72.3 Å². The Morgan fingerprint density at radius 1 is 0.900 bits per heavy atom. The van der Waals surface area contributed by atoms with Crippen LogP contribution in [-0.2, 0) is 0 Å². The lowest BCUT2D eigenvalue weighted by molar-refractivity contribution is 0.223. The first-order valence-electron chi connectivity index (χ1n) is 9.77. The monoisotopic (exact) mass is 412 g/mol. The number of hydrogen-bond acceptors (Lipinski definition) is 4. The van der Waals surface area contributed by atoms with Crippen molar-refractivity contribution >= 4 is 23.2 Å². The fourth-order valence-electron chi connectivity index (χ4n) is 4.32. The molecule has 2 aliphatic heterocycles. The van der Waals surface area contributed by atoms with Crippen molar-refractivity contribution in [3.05, 3.63) is 112 Å². The highest BCUT2D eigenvalue weighted by Gasteiger charge is 2.41. The molecule has 0 unspecified atom stereocenters. The molecule has 0 spiro atoms. The van der Waals surface area contributed by atoms with Crippen molar-refractivity contribution in [1.29, 1.82) is 0 Å². The maximum Gasteiger partial charge on any atom is 0.226 e. The topological polar surface area (TPSA) is 52.0 Å². The summed E-state index contributed by atoms with van der Waals surface area (Å²) >= 11 is 6.63. The van der Waals surface area contributed by atoms with Gasteiger partial charge in [-0.15, -0.1) is 0 Å². The van der Waals surface area contributed by atoms with E-state index in [9.17, 15) is 0 Å². The third-order valence-corrected chi connectivity index (χ3v) is 5.97. The number of nitrogens with one attached hydrogen (secondary N) is 1. The van der Waals surface area contributed by atoms with Gasteiger partial charge in [-0.2, -0.15) is 10.1 Å². The van der Waals surface area contributed by atoms with Crippen LogP contribution >= 0.6 is 11.6 Å². The summed E-state index contributed by atoms with van der Waals surface area (Å²) in [6.45, 7) is 0. The van der Waals surface area contributed by atoms with Crippen LogP contribution in [0.5, 0.6) is 5.75 Å². The molecule has 3 aromatic carbocycles. The van der Waals surface area contributed by atoms with Crippen molar-refractivity contribution in [2.45, 2.75) is 12.1 Å². The lowest BCUT2D eigenvalue weighted by Gasteiger charge is -2.39. The molecule has 0 saturated carbocycles. The summed E-state index contributed by atoms with van der Waals surface area (Å²) in [7, 11) is 0. The molecule has 0 radical (unpaired) electrons. The molecule has 0 saturated heterocycles. The molecule has 1 aromatic heterocycles. The number of aromatic nitrogens is 3. The molecule has 0 amide bonds. The summed E-state index contributed by atoms with van der Waals surface area (Å²) < 4.78 is 8.48. The van der Waals surface area contributed by atoms with Gasteiger partial charge in [0.05, 0.1) is 5.70 Å². The van der Waals surface area contributed by atoms with Crippen LogP contribution in [0.15, 0.2) is 90.8 Å². The van der Waals surface area contributed by atoms with E-state index in [4.69, 9.17) is 16.3 Å². The molecule has 30 heavy (non-hydrogen) atoms. The van der Waals surface area contributed by atoms with Crippen LogP contribution < -0.4 is 10.1 Å². The molecule has 0 fully saturated rings. The summed E-state index contributed by atoms with van der Waals surface area (Å²) in [5.74, 6) is 1.52. The van der Waals surface area contributed by atoms with Crippen LogP contribution in [0.4, 0.5) is 5.95 Å². The van der Waals surface area contributed by atoms with Gasteiger partial charge in [0.15, 0.2) is 6.10 Å². The Kier molecular flexibility index (Phi) is 3.89. The third-order valence-electron chi connectivity index (χ3n) is 5.62. The molecular weight excluding hydrogens is 396 g/mol.